The van der Waals surface area contributed by atoms with Crippen LogP contribution in [0.5, 0.6) is 0 Å². The maximum absolute atomic E-state index is 10.4. The number of rotatable bonds is 4. The Labute approximate surface area is 137 Å². The molecule has 0 unspecified atom stereocenters. The van der Waals surface area contributed by atoms with Gasteiger partial charge in [0.2, 0.25) is 0 Å². The van der Waals surface area contributed by atoms with Crippen molar-refractivity contribution in [1.82, 2.24) is 14.5 Å². The number of hydrogen-bond donors (Lipinski definition) is 1. The van der Waals surface area contributed by atoms with Gasteiger partial charge in [-0.05, 0) is 37.7 Å². The van der Waals surface area contributed by atoms with Crippen LogP contribution < -0.4 is 0 Å². The van der Waals surface area contributed by atoms with Crippen LogP contribution in [0, 0.1) is 0 Å². The van der Waals surface area contributed by atoms with Crippen LogP contribution in [0.15, 0.2) is 36.7 Å². The average molecular weight is 311 g/mol. The van der Waals surface area contributed by atoms with Crippen molar-refractivity contribution in [2.75, 3.05) is 19.6 Å². The summed E-state index contributed by atoms with van der Waals surface area (Å²) in [5.41, 5.74) is 3.79. The van der Waals surface area contributed by atoms with Crippen LogP contribution in [0.4, 0.5) is 0 Å². The van der Waals surface area contributed by atoms with Gasteiger partial charge in [0.25, 0.3) is 0 Å². The molecule has 0 saturated carbocycles. The van der Waals surface area contributed by atoms with Crippen LogP contribution in [-0.4, -0.2) is 39.2 Å². The lowest BCUT2D eigenvalue weighted by Gasteiger charge is -2.22. The van der Waals surface area contributed by atoms with E-state index < -0.39 is 6.10 Å². The van der Waals surface area contributed by atoms with Crippen molar-refractivity contribution in [1.29, 1.82) is 0 Å². The van der Waals surface area contributed by atoms with E-state index >= 15 is 0 Å². The Hall–Kier alpha value is -1.65. The summed E-state index contributed by atoms with van der Waals surface area (Å²) in [7, 11) is 0. The summed E-state index contributed by atoms with van der Waals surface area (Å²) in [5, 5.41) is 10.4. The first-order chi connectivity index (χ1) is 11.3. The summed E-state index contributed by atoms with van der Waals surface area (Å²) in [6.45, 7) is 2.80. The molecule has 1 aliphatic carbocycles. The monoisotopic (exact) mass is 311 g/mol. The fourth-order valence-corrected chi connectivity index (χ4v) is 4.04. The van der Waals surface area contributed by atoms with E-state index in [0.717, 1.165) is 38.0 Å². The number of imidazole rings is 1. The van der Waals surface area contributed by atoms with Gasteiger partial charge in [-0.15, -0.1) is 0 Å². The minimum Gasteiger partial charge on any atom is -0.387 e. The highest BCUT2D eigenvalue weighted by Crippen LogP contribution is 2.29. The number of benzene rings is 1. The highest BCUT2D eigenvalue weighted by Gasteiger charge is 2.28. The number of likely N-dealkylation sites (tertiary alicyclic amines) is 1. The third kappa shape index (κ3) is 3.06. The van der Waals surface area contributed by atoms with Gasteiger partial charge >= 0.3 is 0 Å². The lowest BCUT2D eigenvalue weighted by molar-refractivity contribution is 0.124. The lowest BCUT2D eigenvalue weighted by atomic mass is 10.0. The van der Waals surface area contributed by atoms with E-state index in [9.17, 15) is 5.11 Å². The molecule has 4 nitrogen and oxygen atoms in total. The highest BCUT2D eigenvalue weighted by molar-refractivity contribution is 5.19. The molecule has 2 aliphatic rings. The fourth-order valence-electron chi connectivity index (χ4n) is 4.04. The summed E-state index contributed by atoms with van der Waals surface area (Å²) in [4.78, 5) is 7.02. The van der Waals surface area contributed by atoms with Gasteiger partial charge < -0.3 is 9.67 Å². The fraction of sp³-hybridized carbons (Fsp3) is 0.526. The van der Waals surface area contributed by atoms with Gasteiger partial charge in [0, 0.05) is 31.4 Å². The van der Waals surface area contributed by atoms with Gasteiger partial charge in [-0.1, -0.05) is 30.3 Å². The van der Waals surface area contributed by atoms with Crippen molar-refractivity contribution in [3.05, 3.63) is 53.6 Å². The van der Waals surface area contributed by atoms with Gasteiger partial charge in [-0.3, -0.25) is 4.90 Å². The number of fused-ring (bicyclic) bond motifs is 1. The molecular formula is C19H25N3O. The predicted octanol–water partition coefficient (Wildman–Crippen LogP) is 2.74. The Morgan fingerprint density at radius 2 is 2.00 bits per heavy atom. The SMILES string of the molecule is O[C@@H](CN1CC[C@@H](n2cnc3c2CCCC3)C1)c1ccccc1. The number of aromatic nitrogens is 2. The van der Waals surface area contributed by atoms with E-state index in [1.165, 1.54) is 30.7 Å². The van der Waals surface area contributed by atoms with Crippen molar-refractivity contribution in [2.24, 2.45) is 0 Å². The highest BCUT2D eigenvalue weighted by atomic mass is 16.3. The third-order valence-corrected chi connectivity index (χ3v) is 5.32. The summed E-state index contributed by atoms with van der Waals surface area (Å²) in [5.74, 6) is 0. The summed E-state index contributed by atoms with van der Waals surface area (Å²) >= 11 is 0. The number of β-amino-alcohol motifs (C(OH)–C–C–N with tert-alkyl or cyclic N) is 1. The topological polar surface area (TPSA) is 41.3 Å². The van der Waals surface area contributed by atoms with Crippen LogP contribution in [0.1, 0.15) is 48.4 Å². The van der Waals surface area contributed by atoms with Crippen molar-refractivity contribution in [3.8, 4) is 0 Å². The maximum Gasteiger partial charge on any atom is 0.0954 e. The van der Waals surface area contributed by atoms with Gasteiger partial charge in [0.15, 0.2) is 0 Å². The summed E-state index contributed by atoms with van der Waals surface area (Å²) in [6, 6.07) is 10.5. The molecule has 1 aliphatic heterocycles. The van der Waals surface area contributed by atoms with Gasteiger partial charge in [-0.2, -0.15) is 0 Å². The molecule has 1 saturated heterocycles. The number of aliphatic hydroxyl groups is 1. The third-order valence-electron chi connectivity index (χ3n) is 5.32. The zero-order chi connectivity index (χ0) is 15.6. The van der Waals surface area contributed by atoms with Crippen molar-refractivity contribution in [2.45, 2.75) is 44.2 Å². The number of hydrogen-bond acceptors (Lipinski definition) is 3. The largest absolute Gasteiger partial charge is 0.387 e. The van der Waals surface area contributed by atoms with Gasteiger partial charge in [0.05, 0.1) is 18.1 Å². The van der Waals surface area contributed by atoms with Crippen LogP contribution in [0.25, 0.3) is 0 Å². The van der Waals surface area contributed by atoms with Crippen molar-refractivity contribution >= 4 is 0 Å². The summed E-state index contributed by atoms with van der Waals surface area (Å²) in [6.07, 6.45) is 7.71. The minimum atomic E-state index is -0.397. The molecule has 122 valence electrons. The van der Waals surface area contributed by atoms with E-state index in [4.69, 9.17) is 0 Å². The second-order valence-electron chi connectivity index (χ2n) is 6.88. The van der Waals surface area contributed by atoms with Crippen LogP contribution in [0.2, 0.25) is 0 Å². The first kappa shape index (κ1) is 14.9. The smallest absolute Gasteiger partial charge is 0.0954 e. The van der Waals surface area contributed by atoms with Crippen molar-refractivity contribution in [3.63, 3.8) is 0 Å². The van der Waals surface area contributed by atoms with E-state index in [1.54, 1.807) is 0 Å². The van der Waals surface area contributed by atoms with Crippen LogP contribution in [0.3, 0.4) is 0 Å². The zero-order valence-electron chi connectivity index (χ0n) is 13.6. The van der Waals surface area contributed by atoms with Gasteiger partial charge in [0.1, 0.15) is 0 Å². The Bertz CT molecular complexity index is 652. The molecule has 0 bridgehead atoms. The Kier molecular flexibility index (Phi) is 4.19. The first-order valence-corrected chi connectivity index (χ1v) is 8.81. The lowest BCUT2D eigenvalue weighted by Crippen LogP contribution is -2.27. The molecule has 0 spiro atoms. The molecule has 0 radical (unpaired) electrons. The number of nitrogens with zero attached hydrogens (tertiary/aromatic N) is 3. The normalized spacial score (nSPS) is 22.9. The van der Waals surface area contributed by atoms with E-state index in [-0.39, 0.29) is 0 Å². The van der Waals surface area contributed by atoms with Crippen molar-refractivity contribution < 1.29 is 5.11 Å². The molecule has 4 rings (SSSR count). The van der Waals surface area contributed by atoms with E-state index in [1.807, 2.05) is 30.3 Å². The molecule has 4 heteroatoms. The molecule has 2 atom stereocenters. The standard InChI is InChI=1S/C19H25N3O/c23-19(15-6-2-1-3-7-15)13-21-11-10-16(12-21)22-14-20-17-8-4-5-9-18(17)22/h1-3,6-7,14,16,19,23H,4-5,8-13H2/t16-,19+/m1/s1. The molecule has 0 amide bonds. The Morgan fingerprint density at radius 1 is 1.17 bits per heavy atom. The number of aliphatic hydroxyl groups excluding tert-OH is 1. The molecule has 2 aromatic rings. The minimum absolute atomic E-state index is 0.397. The average Bonchev–Trinajstić information content (AvgIpc) is 3.22. The number of aryl methyl sites for hydroxylation is 1. The second-order valence-corrected chi connectivity index (χ2v) is 6.88. The summed E-state index contributed by atoms with van der Waals surface area (Å²) < 4.78 is 2.42. The molecule has 1 fully saturated rings. The predicted molar refractivity (Wildman–Crippen MR) is 90.4 cm³/mol. The molecule has 23 heavy (non-hydrogen) atoms. The molecule has 1 N–H and O–H groups in total. The van der Waals surface area contributed by atoms with Crippen LogP contribution >= 0.6 is 0 Å². The van der Waals surface area contributed by atoms with Crippen LogP contribution in [-0.2, 0) is 12.8 Å². The van der Waals surface area contributed by atoms with E-state index in [2.05, 4.69) is 20.8 Å². The first-order valence-electron chi connectivity index (χ1n) is 8.81. The zero-order valence-corrected chi connectivity index (χ0v) is 13.6. The molecule has 1 aromatic heterocycles. The Morgan fingerprint density at radius 3 is 2.87 bits per heavy atom. The maximum atomic E-state index is 10.4. The molecule has 2 heterocycles. The molecular weight excluding hydrogens is 286 g/mol. The quantitative estimate of drug-likeness (QED) is 0.944. The van der Waals surface area contributed by atoms with E-state index in [0.29, 0.717) is 6.04 Å². The van der Waals surface area contributed by atoms with Gasteiger partial charge in [-0.25, -0.2) is 4.98 Å². The second kappa shape index (κ2) is 6.46. The Balaban J connectivity index is 1.40. The molecule has 1 aromatic carbocycles.